The molecule has 0 fully saturated rings. The normalized spacial score (nSPS) is 10.8. The van der Waals surface area contributed by atoms with Gasteiger partial charge in [0.15, 0.2) is 11.2 Å². The van der Waals surface area contributed by atoms with Crippen molar-refractivity contribution in [3.8, 4) is 54.2 Å². The summed E-state index contributed by atoms with van der Waals surface area (Å²) in [5, 5.41) is 11.4. The Morgan fingerprint density at radius 3 is 0.974 bits per heavy atom. The summed E-state index contributed by atoms with van der Waals surface area (Å²) < 4.78 is 11.7. The molecule has 15 aromatic carbocycles. The Kier molecular flexibility index (Phi) is 23.3. The smallest absolute Gasteiger partial charge is 0.227 e. The van der Waals surface area contributed by atoms with E-state index in [-0.39, 0.29) is 0 Å². The van der Waals surface area contributed by atoms with Crippen LogP contribution in [0.15, 0.2) is 421 Å². The molecule has 0 aliphatic heterocycles. The second-order valence-corrected chi connectivity index (χ2v) is 30.7. The third-order valence-corrected chi connectivity index (χ3v) is 23.8. The van der Waals surface area contributed by atoms with Gasteiger partial charge in [-0.25, -0.2) is 9.97 Å². The highest BCUT2D eigenvalue weighted by Crippen LogP contribution is 2.43. The van der Waals surface area contributed by atoms with Crippen LogP contribution in [-0.2, 0) is 0 Å². The number of hydrogen-bond acceptors (Lipinski definition) is 12. The summed E-state index contributed by atoms with van der Waals surface area (Å²) in [6.07, 6.45) is 0. The lowest BCUT2D eigenvalue weighted by molar-refractivity contribution is 0.619. The van der Waals surface area contributed by atoms with Gasteiger partial charge in [-0.1, -0.05) is 255 Å². The first-order valence-electron chi connectivity index (χ1n) is 38.2. The van der Waals surface area contributed by atoms with Crippen molar-refractivity contribution in [2.24, 2.45) is 0 Å². The summed E-state index contributed by atoms with van der Waals surface area (Å²) in [7, 11) is 10.5. The van der Waals surface area contributed by atoms with Gasteiger partial charge in [-0.2, -0.15) is 0 Å². The molecule has 5 heterocycles. The molecular formula is C103H83N7O2S3. The summed E-state index contributed by atoms with van der Waals surface area (Å²) in [6, 6.07) is 143. The Morgan fingerprint density at radius 2 is 0.530 bits per heavy atom. The first-order valence-corrected chi connectivity index (χ1v) is 40.7. The Labute approximate surface area is 683 Å². The maximum Gasteiger partial charge on any atom is 0.227 e. The lowest BCUT2D eigenvalue weighted by Gasteiger charge is -2.21. The van der Waals surface area contributed by atoms with Crippen LogP contribution in [0.25, 0.3) is 109 Å². The zero-order valence-corrected chi connectivity index (χ0v) is 66.9. The van der Waals surface area contributed by atoms with Crippen LogP contribution in [-0.4, -0.2) is 45.2 Å². The highest BCUT2D eigenvalue weighted by molar-refractivity contribution is 7.20. The van der Waals surface area contributed by atoms with Crippen LogP contribution in [0, 0.1) is 0 Å². The summed E-state index contributed by atoms with van der Waals surface area (Å²) in [4.78, 5) is 24.1. The minimum absolute atomic E-state index is 0.649. The molecule has 0 radical (unpaired) electrons. The Morgan fingerprint density at radius 1 is 0.217 bits per heavy atom. The van der Waals surface area contributed by atoms with Gasteiger partial charge in [0.25, 0.3) is 0 Å². The zero-order chi connectivity index (χ0) is 78.2. The largest absolute Gasteiger partial charge is 0.436 e. The van der Waals surface area contributed by atoms with Crippen molar-refractivity contribution >= 4 is 143 Å². The SMILES string of the molecule is CN(c1ccc(-c2ccccc2)s1)c1cccc2ccccc12.CN(c1ccc(-c2nc3ccccc3o2)cc1)c1cccc2ccccc12.CN(c1ccccc1)c1ccc(-c2cccc3ccccc23)s1.CN(c1ccccc1)c1ccc(-c2ccccc2)s1.CN(c1ccccc1)c1ccc(-c2nc3ccccc3o2)cc1. The molecule has 5 aromatic heterocycles. The van der Waals surface area contributed by atoms with E-state index in [0.29, 0.717) is 11.8 Å². The summed E-state index contributed by atoms with van der Waals surface area (Å²) in [5.41, 5.74) is 17.4. The van der Waals surface area contributed by atoms with Crippen molar-refractivity contribution in [1.82, 2.24) is 9.97 Å². The van der Waals surface area contributed by atoms with Crippen LogP contribution in [0.2, 0.25) is 0 Å². The van der Waals surface area contributed by atoms with Crippen molar-refractivity contribution in [2.75, 3.05) is 59.7 Å². The topological polar surface area (TPSA) is 68.3 Å². The van der Waals surface area contributed by atoms with E-state index in [1.54, 1.807) is 0 Å². The molecular weight excluding hydrogens is 1460 g/mol. The van der Waals surface area contributed by atoms with Gasteiger partial charge < -0.3 is 33.3 Å². The van der Waals surface area contributed by atoms with Crippen LogP contribution in [0.3, 0.4) is 0 Å². The van der Waals surface area contributed by atoms with Crippen LogP contribution >= 0.6 is 34.0 Å². The molecule has 0 unspecified atom stereocenters. The molecule has 0 aliphatic rings. The lowest BCUT2D eigenvalue weighted by Crippen LogP contribution is -2.09. The minimum atomic E-state index is 0.649. The second kappa shape index (κ2) is 35.6. The first kappa shape index (κ1) is 75.2. The molecule has 0 saturated carbocycles. The highest BCUT2D eigenvalue weighted by Gasteiger charge is 2.17. The standard InChI is InChI=1S/C24H18N2O.2C21H17NS.C20H16N2O.C17H15NS/c1-26(22-11-6-8-17-7-2-3-9-20(17)22)19-15-13-18(14-16-19)24-25-21-10-4-5-12-23(21)27-24;1-22(17-10-3-2-4-11-17)21-15-14-20(23-21)19-13-7-9-16-8-5-6-12-18(16)19;1-22(19-13-7-11-16-8-5-6-12-18(16)19)21-15-14-20(23-21)17-9-3-2-4-10-17;1-22(16-7-3-2-4-8-16)17-13-11-15(12-14-17)20-21-18-9-5-6-10-19(18)23-20;1-18(15-10-6-3-7-11-15)17-13-12-16(19-17)14-8-4-2-5-9-14/h2-16H,1H3;2*2-15H,1H3;2-14H,1H3;2-13H,1H3. The van der Waals surface area contributed by atoms with E-state index < -0.39 is 0 Å². The number of anilines is 10. The number of aromatic nitrogens is 2. The number of nitrogens with zero attached hydrogens (tertiary/aromatic N) is 7. The van der Waals surface area contributed by atoms with Gasteiger partial charge in [-0.05, 0) is 196 Å². The monoisotopic (exact) mass is 1550 g/mol. The van der Waals surface area contributed by atoms with Crippen molar-refractivity contribution in [2.45, 2.75) is 0 Å². The highest BCUT2D eigenvalue weighted by atomic mass is 32.1. The van der Waals surface area contributed by atoms with E-state index in [1.807, 2.05) is 131 Å². The molecule has 0 spiro atoms. The van der Waals surface area contributed by atoms with E-state index in [0.717, 1.165) is 50.4 Å². The summed E-state index contributed by atoms with van der Waals surface area (Å²) >= 11 is 5.47. The average Bonchev–Trinajstić information content (AvgIpc) is 0.911. The molecule has 0 amide bonds. The quantitative estimate of drug-likeness (QED) is 0.0998. The molecule has 9 nitrogen and oxygen atoms in total. The zero-order valence-electron chi connectivity index (χ0n) is 64.4. The summed E-state index contributed by atoms with van der Waals surface area (Å²) in [6.45, 7) is 0. The average molecular weight is 1550 g/mol. The van der Waals surface area contributed by atoms with Crippen molar-refractivity contribution in [1.29, 1.82) is 0 Å². The third kappa shape index (κ3) is 17.6. The fourth-order valence-corrected chi connectivity index (χ4v) is 16.9. The molecule has 0 saturated heterocycles. The van der Waals surface area contributed by atoms with E-state index >= 15 is 0 Å². The van der Waals surface area contributed by atoms with Crippen molar-refractivity contribution < 1.29 is 8.83 Å². The number of thiophene rings is 3. The number of benzene rings is 15. The molecule has 12 heteroatoms. The van der Waals surface area contributed by atoms with Gasteiger partial charge in [0.1, 0.15) is 11.0 Å². The van der Waals surface area contributed by atoms with Crippen molar-refractivity contribution in [3.63, 3.8) is 0 Å². The van der Waals surface area contributed by atoms with Crippen LogP contribution < -0.4 is 24.5 Å². The molecule has 0 N–H and O–H groups in total. The van der Waals surface area contributed by atoms with Gasteiger partial charge in [0.05, 0.1) is 15.0 Å². The maximum atomic E-state index is 5.87. The molecule has 560 valence electrons. The number of para-hydroxylation sites is 7. The van der Waals surface area contributed by atoms with Gasteiger partial charge in [-0.3, -0.25) is 0 Å². The van der Waals surface area contributed by atoms with E-state index in [2.05, 4.69) is 385 Å². The second-order valence-electron chi connectivity index (χ2n) is 27.5. The van der Waals surface area contributed by atoms with Crippen molar-refractivity contribution in [3.05, 3.63) is 413 Å². The minimum Gasteiger partial charge on any atom is -0.436 e. The fourth-order valence-electron chi connectivity index (χ4n) is 13.9. The molecule has 0 atom stereocenters. The number of rotatable bonds is 15. The van der Waals surface area contributed by atoms with Crippen LogP contribution in [0.5, 0.6) is 0 Å². The Bertz CT molecular complexity index is 6440. The predicted molar refractivity (Wildman–Crippen MR) is 493 cm³/mol. The molecule has 115 heavy (non-hydrogen) atoms. The van der Waals surface area contributed by atoms with Gasteiger partial charge >= 0.3 is 0 Å². The number of oxazole rings is 2. The molecule has 0 bridgehead atoms. The number of fused-ring (bicyclic) bond motifs is 5. The Balaban J connectivity index is 0.000000109. The lowest BCUT2D eigenvalue weighted by atomic mass is 10.0. The first-order chi connectivity index (χ1) is 56.6. The predicted octanol–water partition coefficient (Wildman–Crippen LogP) is 29.5. The fraction of sp³-hybridized carbons (Fsp3) is 0.0485. The maximum absolute atomic E-state index is 5.87. The Hall–Kier alpha value is -13.9. The molecule has 0 aliphatic carbocycles. The number of hydrogen-bond donors (Lipinski definition) is 0. The van der Waals surface area contributed by atoms with Crippen LogP contribution in [0.1, 0.15) is 0 Å². The van der Waals surface area contributed by atoms with E-state index in [4.69, 9.17) is 8.83 Å². The molecule has 20 aromatic rings. The van der Waals surface area contributed by atoms with Gasteiger partial charge in [-0.15, -0.1) is 34.0 Å². The summed E-state index contributed by atoms with van der Waals surface area (Å²) in [5.74, 6) is 1.30. The van der Waals surface area contributed by atoms with E-state index in [9.17, 15) is 0 Å². The van der Waals surface area contributed by atoms with Crippen LogP contribution in [0.4, 0.5) is 54.8 Å². The van der Waals surface area contributed by atoms with Gasteiger partial charge in [0.2, 0.25) is 11.8 Å². The van der Waals surface area contributed by atoms with E-state index in [1.165, 1.54) is 101 Å². The van der Waals surface area contributed by atoms with Gasteiger partial charge in [0, 0.05) is 112 Å². The third-order valence-electron chi connectivity index (χ3n) is 20.2. The molecule has 20 rings (SSSR count).